The van der Waals surface area contributed by atoms with Crippen molar-refractivity contribution < 1.29 is 4.79 Å². The molecular weight excluding hydrogens is 340 g/mol. The number of halogens is 2. The minimum Gasteiger partial charge on any atom is -0.321 e. The fourth-order valence-corrected chi connectivity index (χ4v) is 2.08. The quantitative estimate of drug-likeness (QED) is 0.865. The summed E-state index contributed by atoms with van der Waals surface area (Å²) in [5, 5.41) is 12.0. The minimum atomic E-state index is -0.266. The standard InChI is InChI=1S/C15H10BrClN2O/c1-9-6-11(3-4-12(9)16)15(20)19-14-7-10(8-18)2-5-13(14)17/h2-7H,1H3,(H,19,20). The molecule has 3 nitrogen and oxygen atoms in total. The van der Waals surface area contributed by atoms with Crippen molar-refractivity contribution in [2.45, 2.75) is 6.92 Å². The highest BCUT2D eigenvalue weighted by Crippen LogP contribution is 2.24. The first-order valence-corrected chi connectivity index (χ1v) is 6.95. The largest absolute Gasteiger partial charge is 0.321 e. The first kappa shape index (κ1) is 14.6. The van der Waals surface area contributed by atoms with Gasteiger partial charge in [0.25, 0.3) is 5.91 Å². The van der Waals surface area contributed by atoms with Gasteiger partial charge in [0.15, 0.2) is 0 Å². The summed E-state index contributed by atoms with van der Waals surface area (Å²) in [6.45, 7) is 1.91. The van der Waals surface area contributed by atoms with E-state index in [0.717, 1.165) is 10.0 Å². The Morgan fingerprint density at radius 3 is 2.70 bits per heavy atom. The molecule has 0 aliphatic heterocycles. The molecule has 2 aromatic rings. The number of nitrogens with one attached hydrogen (secondary N) is 1. The van der Waals surface area contributed by atoms with Crippen LogP contribution in [0, 0.1) is 18.3 Å². The number of hydrogen-bond donors (Lipinski definition) is 1. The summed E-state index contributed by atoms with van der Waals surface area (Å²) in [7, 11) is 0. The van der Waals surface area contributed by atoms with Crippen molar-refractivity contribution in [2.75, 3.05) is 5.32 Å². The van der Waals surface area contributed by atoms with Gasteiger partial charge in [-0.2, -0.15) is 5.26 Å². The highest BCUT2D eigenvalue weighted by atomic mass is 79.9. The van der Waals surface area contributed by atoms with Crippen molar-refractivity contribution in [1.82, 2.24) is 0 Å². The van der Waals surface area contributed by atoms with Gasteiger partial charge in [-0.15, -0.1) is 0 Å². The Labute approximate surface area is 130 Å². The second kappa shape index (κ2) is 6.08. The molecule has 100 valence electrons. The smallest absolute Gasteiger partial charge is 0.255 e. The maximum Gasteiger partial charge on any atom is 0.255 e. The Morgan fingerprint density at radius 1 is 1.30 bits per heavy atom. The molecule has 20 heavy (non-hydrogen) atoms. The first-order valence-electron chi connectivity index (χ1n) is 5.78. The summed E-state index contributed by atoms with van der Waals surface area (Å²) >= 11 is 9.40. The van der Waals surface area contributed by atoms with E-state index < -0.39 is 0 Å². The normalized spacial score (nSPS) is 9.90. The molecular formula is C15H10BrClN2O. The number of hydrogen-bond acceptors (Lipinski definition) is 2. The third-order valence-electron chi connectivity index (χ3n) is 2.76. The van der Waals surface area contributed by atoms with Gasteiger partial charge < -0.3 is 5.32 Å². The lowest BCUT2D eigenvalue weighted by Gasteiger charge is -2.08. The van der Waals surface area contributed by atoms with E-state index in [9.17, 15) is 4.79 Å². The third kappa shape index (κ3) is 3.19. The summed E-state index contributed by atoms with van der Waals surface area (Å²) < 4.78 is 0.943. The van der Waals surface area contributed by atoms with Gasteiger partial charge in [0.2, 0.25) is 0 Å². The molecule has 2 rings (SSSR count). The van der Waals surface area contributed by atoms with Crippen LogP contribution < -0.4 is 5.32 Å². The number of rotatable bonds is 2. The highest BCUT2D eigenvalue weighted by Gasteiger charge is 2.10. The van der Waals surface area contributed by atoms with Crippen LogP contribution in [-0.2, 0) is 0 Å². The van der Waals surface area contributed by atoms with Gasteiger partial charge in [0, 0.05) is 10.0 Å². The Hall–Kier alpha value is -1.83. The molecule has 5 heteroatoms. The molecule has 2 aromatic carbocycles. The number of nitrogens with zero attached hydrogens (tertiary/aromatic N) is 1. The van der Waals surface area contributed by atoms with Crippen LogP contribution in [-0.4, -0.2) is 5.91 Å². The number of nitriles is 1. The van der Waals surface area contributed by atoms with Crippen LogP contribution in [0.15, 0.2) is 40.9 Å². The van der Waals surface area contributed by atoms with Gasteiger partial charge in [0.05, 0.1) is 22.3 Å². The highest BCUT2D eigenvalue weighted by molar-refractivity contribution is 9.10. The Morgan fingerprint density at radius 2 is 2.05 bits per heavy atom. The number of carbonyl (C=O) groups is 1. The molecule has 0 heterocycles. The summed E-state index contributed by atoms with van der Waals surface area (Å²) in [6, 6.07) is 12.1. The lowest BCUT2D eigenvalue weighted by atomic mass is 10.1. The summed E-state index contributed by atoms with van der Waals surface area (Å²) in [6.07, 6.45) is 0. The van der Waals surface area contributed by atoms with E-state index in [1.54, 1.807) is 30.3 Å². The summed E-state index contributed by atoms with van der Waals surface area (Å²) in [5.41, 5.74) is 2.37. The van der Waals surface area contributed by atoms with E-state index >= 15 is 0 Å². The van der Waals surface area contributed by atoms with Crippen molar-refractivity contribution in [2.24, 2.45) is 0 Å². The van der Waals surface area contributed by atoms with Crippen molar-refractivity contribution in [3.8, 4) is 6.07 Å². The zero-order chi connectivity index (χ0) is 14.7. The fraction of sp³-hybridized carbons (Fsp3) is 0.0667. The minimum absolute atomic E-state index is 0.266. The molecule has 0 spiro atoms. The predicted octanol–water partition coefficient (Wildman–Crippen LogP) is 4.53. The Bertz CT molecular complexity index is 722. The van der Waals surface area contributed by atoms with Gasteiger partial charge in [-0.3, -0.25) is 4.79 Å². The molecule has 0 fully saturated rings. The van der Waals surface area contributed by atoms with Crippen LogP contribution in [0.4, 0.5) is 5.69 Å². The summed E-state index contributed by atoms with van der Waals surface area (Å²) in [5.74, 6) is -0.266. The fourth-order valence-electron chi connectivity index (χ4n) is 1.67. The second-order valence-electron chi connectivity index (χ2n) is 4.22. The molecule has 1 N–H and O–H groups in total. The third-order valence-corrected chi connectivity index (χ3v) is 3.98. The molecule has 0 aliphatic carbocycles. The number of amides is 1. The predicted molar refractivity (Wildman–Crippen MR) is 83.0 cm³/mol. The van der Waals surface area contributed by atoms with E-state index in [1.165, 1.54) is 0 Å². The maximum absolute atomic E-state index is 12.2. The van der Waals surface area contributed by atoms with E-state index in [-0.39, 0.29) is 5.91 Å². The molecule has 0 bridgehead atoms. The van der Waals surface area contributed by atoms with Gasteiger partial charge in [-0.05, 0) is 48.9 Å². The van der Waals surface area contributed by atoms with Gasteiger partial charge in [-0.25, -0.2) is 0 Å². The monoisotopic (exact) mass is 348 g/mol. The molecule has 1 amide bonds. The van der Waals surface area contributed by atoms with Crippen LogP contribution in [0.2, 0.25) is 5.02 Å². The molecule has 0 aliphatic rings. The molecule has 0 radical (unpaired) electrons. The van der Waals surface area contributed by atoms with Crippen molar-refractivity contribution in [3.63, 3.8) is 0 Å². The number of anilines is 1. The Kier molecular flexibility index (Phi) is 4.43. The number of benzene rings is 2. The maximum atomic E-state index is 12.2. The SMILES string of the molecule is Cc1cc(C(=O)Nc2cc(C#N)ccc2Cl)ccc1Br. The average molecular weight is 350 g/mol. The van der Waals surface area contributed by atoms with Crippen LogP contribution >= 0.6 is 27.5 Å². The molecule has 0 saturated carbocycles. The first-order chi connectivity index (χ1) is 9.51. The van der Waals surface area contributed by atoms with Gasteiger partial charge >= 0.3 is 0 Å². The van der Waals surface area contributed by atoms with Crippen molar-refractivity contribution >= 4 is 39.1 Å². The zero-order valence-electron chi connectivity index (χ0n) is 10.6. The number of carbonyl (C=O) groups excluding carboxylic acids is 1. The molecule has 0 aromatic heterocycles. The molecule has 0 unspecified atom stereocenters. The lowest BCUT2D eigenvalue weighted by molar-refractivity contribution is 0.102. The topological polar surface area (TPSA) is 52.9 Å². The van der Waals surface area contributed by atoms with Crippen LogP contribution in [0.1, 0.15) is 21.5 Å². The molecule has 0 atom stereocenters. The average Bonchev–Trinajstić information content (AvgIpc) is 2.44. The number of aryl methyl sites for hydroxylation is 1. The second-order valence-corrected chi connectivity index (χ2v) is 5.49. The van der Waals surface area contributed by atoms with Crippen molar-refractivity contribution in [3.05, 3.63) is 62.6 Å². The Balaban J connectivity index is 2.28. The molecule has 0 saturated heterocycles. The van der Waals surface area contributed by atoms with E-state index in [0.29, 0.717) is 21.8 Å². The van der Waals surface area contributed by atoms with Crippen molar-refractivity contribution in [1.29, 1.82) is 5.26 Å². The summed E-state index contributed by atoms with van der Waals surface area (Å²) in [4.78, 5) is 12.2. The van der Waals surface area contributed by atoms with Crippen LogP contribution in [0.25, 0.3) is 0 Å². The zero-order valence-corrected chi connectivity index (χ0v) is 12.9. The van der Waals surface area contributed by atoms with E-state index in [1.807, 2.05) is 19.1 Å². The van der Waals surface area contributed by atoms with E-state index in [4.69, 9.17) is 16.9 Å². The van der Waals surface area contributed by atoms with E-state index in [2.05, 4.69) is 21.2 Å². The lowest BCUT2D eigenvalue weighted by Crippen LogP contribution is -2.12. The van der Waals surface area contributed by atoms with Gasteiger partial charge in [-0.1, -0.05) is 27.5 Å². The van der Waals surface area contributed by atoms with Gasteiger partial charge in [0.1, 0.15) is 0 Å². The van der Waals surface area contributed by atoms with Crippen LogP contribution in [0.3, 0.4) is 0 Å². The van der Waals surface area contributed by atoms with Crippen LogP contribution in [0.5, 0.6) is 0 Å².